The molecule has 2 fully saturated rings. The Kier molecular flexibility index (Phi) is 10.6. The average molecular weight is 752 g/mol. The Morgan fingerprint density at radius 1 is 0.529 bits per heavy atom. The molecule has 4 aromatic rings. The molecular weight excluding hydrogens is 695 g/mol. The zero-order valence-corrected chi connectivity index (χ0v) is 35.1. The molecule has 4 aromatic carbocycles. The maximum atomic E-state index is 2.68. The first-order valence-electron chi connectivity index (χ1n) is 19.4. The molecule has 0 aromatic heterocycles. The van der Waals surface area contributed by atoms with Crippen molar-refractivity contribution >= 4 is 12.2 Å². The molecule has 4 atom stereocenters. The Bertz CT molecular complexity index is 1820. The summed E-state index contributed by atoms with van der Waals surface area (Å²) >= 11 is -2.66. The van der Waals surface area contributed by atoms with Crippen LogP contribution in [0, 0.1) is 0 Å². The molecule has 51 heavy (non-hydrogen) atoms. The Morgan fingerprint density at radius 2 is 0.902 bits per heavy atom. The van der Waals surface area contributed by atoms with E-state index >= 15 is 0 Å². The predicted molar refractivity (Wildman–Crippen MR) is 209 cm³/mol. The van der Waals surface area contributed by atoms with Crippen LogP contribution in [0.15, 0.2) is 96.1 Å². The number of fused-ring (bicyclic) bond motifs is 3. The summed E-state index contributed by atoms with van der Waals surface area (Å²) < 4.78 is 3.30. The summed E-state index contributed by atoms with van der Waals surface area (Å²) in [5, 5.41) is 0. The molecule has 3 heteroatoms. The average Bonchev–Trinajstić information content (AvgIpc) is 3.37. The first-order chi connectivity index (χ1) is 23.5. The van der Waals surface area contributed by atoms with Crippen molar-refractivity contribution in [2.75, 3.05) is 0 Å². The Labute approximate surface area is 324 Å². The molecule has 3 aliphatic carbocycles. The maximum absolute atomic E-state index is 2.68. The van der Waals surface area contributed by atoms with Gasteiger partial charge in [-0.2, -0.15) is 0 Å². The summed E-state index contributed by atoms with van der Waals surface area (Å²) in [7, 11) is 0. The van der Waals surface area contributed by atoms with E-state index in [1.54, 1.807) is 22.3 Å². The molecule has 1 heterocycles. The van der Waals surface area contributed by atoms with Crippen LogP contribution in [0.25, 0.3) is 34.4 Å². The van der Waals surface area contributed by atoms with Gasteiger partial charge in [0.05, 0.1) is 0 Å². The van der Waals surface area contributed by atoms with E-state index in [4.69, 9.17) is 0 Å². The summed E-state index contributed by atoms with van der Waals surface area (Å²) in [4.78, 5) is 0. The molecule has 0 nitrogen and oxygen atoms in total. The Balaban J connectivity index is 0.00000224. The summed E-state index contributed by atoms with van der Waals surface area (Å²) in [6.45, 7) is 18.8. The van der Waals surface area contributed by atoms with Gasteiger partial charge in [0.15, 0.2) is 0 Å². The smallest absolute Gasteiger partial charge is 1.00 e. The maximum Gasteiger partial charge on any atom is -1.00 e. The molecule has 0 N–H and O–H groups in total. The number of allylic oxidation sites excluding steroid dienone is 2. The molecule has 0 spiro atoms. The third-order valence-electron chi connectivity index (χ3n) is 13.2. The van der Waals surface area contributed by atoms with Crippen molar-refractivity contribution in [2.24, 2.45) is 0 Å². The first-order valence-corrected chi connectivity index (χ1v) is 23.0. The van der Waals surface area contributed by atoms with Crippen molar-refractivity contribution in [2.45, 2.75) is 122 Å². The topological polar surface area (TPSA) is 0 Å². The fourth-order valence-electron chi connectivity index (χ4n) is 10.8. The van der Waals surface area contributed by atoms with Gasteiger partial charge in [0.25, 0.3) is 0 Å². The minimum Gasteiger partial charge on any atom is -1.00 e. The van der Waals surface area contributed by atoms with E-state index in [1.807, 2.05) is 0 Å². The normalized spacial score (nSPS) is 23.5. The molecule has 0 radical (unpaired) electrons. The molecule has 8 rings (SSSR count). The predicted octanol–water partition coefficient (Wildman–Crippen LogP) is 8.34. The number of halogens is 2. The molecule has 1 saturated carbocycles. The van der Waals surface area contributed by atoms with Gasteiger partial charge < -0.3 is 24.8 Å². The van der Waals surface area contributed by atoms with Crippen LogP contribution >= 0.6 is 0 Å². The molecule has 266 valence electrons. The summed E-state index contributed by atoms with van der Waals surface area (Å²) in [5.41, 5.74) is 18.7. The van der Waals surface area contributed by atoms with E-state index in [-0.39, 0.29) is 35.6 Å². The molecule has 4 aliphatic rings. The Morgan fingerprint density at radius 3 is 1.24 bits per heavy atom. The van der Waals surface area contributed by atoms with Gasteiger partial charge in [0.1, 0.15) is 0 Å². The second-order valence-electron chi connectivity index (χ2n) is 17.8. The van der Waals surface area contributed by atoms with Crippen molar-refractivity contribution in [3.05, 3.63) is 129 Å². The van der Waals surface area contributed by atoms with E-state index in [2.05, 4.69) is 152 Å². The zero-order valence-electron chi connectivity index (χ0n) is 32.0. The Hall–Kier alpha value is -2.35. The van der Waals surface area contributed by atoms with Gasteiger partial charge >= 0.3 is 302 Å². The van der Waals surface area contributed by atoms with E-state index in [0.29, 0.717) is 8.45 Å². The summed E-state index contributed by atoms with van der Waals surface area (Å²) in [6, 6.07) is 33.7. The molecule has 0 amide bonds. The number of benzene rings is 4. The van der Waals surface area contributed by atoms with Gasteiger partial charge in [-0.15, -0.1) is 0 Å². The second kappa shape index (κ2) is 14.1. The van der Waals surface area contributed by atoms with Crippen molar-refractivity contribution < 1.29 is 41.4 Å². The largest absolute Gasteiger partial charge is 1.00 e. The minimum absolute atomic E-state index is 0. The van der Waals surface area contributed by atoms with Crippen LogP contribution in [0.5, 0.6) is 0 Å². The fourth-order valence-corrected chi connectivity index (χ4v) is 25.1. The summed E-state index contributed by atoms with van der Waals surface area (Å²) in [5.74, 6) is 0. The van der Waals surface area contributed by atoms with E-state index < -0.39 is 16.6 Å². The van der Waals surface area contributed by atoms with E-state index in [9.17, 15) is 0 Å². The van der Waals surface area contributed by atoms with Gasteiger partial charge in [0, 0.05) is 0 Å². The molecule has 0 bridgehead atoms. The van der Waals surface area contributed by atoms with Crippen molar-refractivity contribution in [3.8, 4) is 22.3 Å². The van der Waals surface area contributed by atoms with E-state index in [1.165, 1.54) is 83.0 Å². The molecule has 1 saturated heterocycles. The van der Waals surface area contributed by atoms with Gasteiger partial charge in [0.2, 0.25) is 0 Å². The van der Waals surface area contributed by atoms with Crippen LogP contribution in [0.2, 0.25) is 8.45 Å². The van der Waals surface area contributed by atoms with Crippen molar-refractivity contribution in [1.29, 1.82) is 0 Å². The van der Waals surface area contributed by atoms with Crippen molar-refractivity contribution in [1.82, 2.24) is 0 Å². The number of rotatable bonds is 6. The molecule has 1 aliphatic heterocycles. The molecule has 4 unspecified atom stereocenters. The standard InChI is InChI=1S/2C21H23.C6H10.2ClH.Ti/c2*1-5-15-13-17-7-6-8-19(20(17)14-15)16-9-11-18(12-10-16)21(2,3)4;1-2-4-6-5-3-1;;;/h2*6-14H,5H2,1-4H3;1-2H,3-6H2;2*1H;/q;;;;;+2/p-2. The SMILES string of the molecule is CCC1=Cc2c(-c3ccc(C(C)(C)C)cc3)cccc2[CH]1[Ti+2]1([CH]2C(CC)=Cc3c(-c4ccc(C(C)(C)C)cc4)cccc32)[CH]2CCCC[CH]21.[Cl-].[Cl-]. The third-order valence-corrected chi connectivity index (χ3v) is 24.0. The quantitative estimate of drug-likeness (QED) is 0.174. The molecular formula is C48H56Cl2Ti. The fraction of sp³-hybridized carbons (Fsp3) is 0.417. The van der Waals surface area contributed by atoms with Crippen LogP contribution < -0.4 is 24.8 Å². The van der Waals surface area contributed by atoms with Gasteiger partial charge in [-0.05, 0) is 0 Å². The van der Waals surface area contributed by atoms with Crippen LogP contribution in [0.1, 0.15) is 136 Å². The van der Waals surface area contributed by atoms with Crippen LogP contribution in [0.4, 0.5) is 0 Å². The number of hydrogen-bond acceptors (Lipinski definition) is 0. The van der Waals surface area contributed by atoms with Crippen LogP contribution in [0.3, 0.4) is 0 Å². The first kappa shape index (κ1) is 38.4. The van der Waals surface area contributed by atoms with Gasteiger partial charge in [-0.1, -0.05) is 0 Å². The van der Waals surface area contributed by atoms with E-state index in [0.717, 1.165) is 8.45 Å². The van der Waals surface area contributed by atoms with Crippen molar-refractivity contribution in [3.63, 3.8) is 0 Å². The van der Waals surface area contributed by atoms with Gasteiger partial charge in [-0.3, -0.25) is 0 Å². The zero-order chi connectivity index (χ0) is 34.3. The third kappa shape index (κ3) is 6.19. The van der Waals surface area contributed by atoms with Crippen LogP contribution in [-0.4, -0.2) is 0 Å². The number of hydrogen-bond donors (Lipinski definition) is 0. The van der Waals surface area contributed by atoms with Crippen LogP contribution in [-0.2, 0) is 27.4 Å². The monoisotopic (exact) mass is 750 g/mol. The summed E-state index contributed by atoms with van der Waals surface area (Å²) in [6.07, 6.45) is 13.5. The minimum atomic E-state index is -2.66. The second-order valence-corrected chi connectivity index (χ2v) is 25.0. The van der Waals surface area contributed by atoms with Gasteiger partial charge in [-0.25, -0.2) is 0 Å².